The average molecular weight is 392 g/mol. The van der Waals surface area contributed by atoms with Crippen LogP contribution in [0.25, 0.3) is 5.69 Å². The second-order valence-corrected chi connectivity index (χ2v) is 5.68. The third-order valence-corrected chi connectivity index (χ3v) is 3.78. The Labute approximate surface area is 157 Å². The van der Waals surface area contributed by atoms with E-state index in [-0.39, 0.29) is 11.2 Å². The molecule has 1 aromatic heterocycles. The quantitative estimate of drug-likeness (QED) is 0.406. The van der Waals surface area contributed by atoms with E-state index < -0.39 is 10.7 Å². The van der Waals surface area contributed by atoms with E-state index in [4.69, 9.17) is 21.1 Å². The van der Waals surface area contributed by atoms with Crippen LogP contribution in [0.15, 0.2) is 47.5 Å². The van der Waals surface area contributed by atoms with Crippen molar-refractivity contribution in [3.05, 3.63) is 63.1 Å². The predicted molar refractivity (Wildman–Crippen MR) is 95.2 cm³/mol. The molecule has 0 radical (unpaired) electrons. The zero-order valence-electron chi connectivity index (χ0n) is 14.2. The lowest BCUT2D eigenvalue weighted by molar-refractivity contribution is -0.391. The van der Waals surface area contributed by atoms with E-state index in [1.807, 2.05) is 0 Å². The number of methoxy groups -OCH3 is 2. The highest BCUT2D eigenvalue weighted by molar-refractivity contribution is 6.30. The van der Waals surface area contributed by atoms with Crippen molar-refractivity contribution in [1.29, 1.82) is 0 Å². The molecule has 3 rings (SSSR count). The molecule has 0 spiro atoms. The van der Waals surface area contributed by atoms with Gasteiger partial charge < -0.3 is 24.8 Å². The van der Waals surface area contributed by atoms with Crippen molar-refractivity contribution in [3.63, 3.8) is 0 Å². The molecule has 0 fully saturated rings. The Morgan fingerprint density at radius 2 is 1.85 bits per heavy atom. The molecule has 0 saturated heterocycles. The van der Waals surface area contributed by atoms with Gasteiger partial charge in [-0.1, -0.05) is 22.5 Å². The van der Waals surface area contributed by atoms with Crippen molar-refractivity contribution in [3.8, 4) is 17.2 Å². The van der Waals surface area contributed by atoms with Crippen LogP contribution in [0, 0.1) is 10.1 Å². The molecule has 0 bridgehead atoms. The Morgan fingerprint density at radius 1 is 1.19 bits per heavy atom. The maximum Gasteiger partial charge on any atom is 0.438 e. The van der Waals surface area contributed by atoms with E-state index in [9.17, 15) is 15.3 Å². The number of hydrogen-bond acceptors (Lipinski definition) is 7. The van der Waals surface area contributed by atoms with Gasteiger partial charge in [0.15, 0.2) is 0 Å². The van der Waals surface area contributed by atoms with Crippen molar-refractivity contribution >= 4 is 23.1 Å². The second-order valence-electron chi connectivity index (χ2n) is 5.25. The van der Waals surface area contributed by atoms with Gasteiger partial charge in [-0.2, -0.15) is 0 Å². The molecule has 0 amide bonds. The van der Waals surface area contributed by atoms with Crippen molar-refractivity contribution < 1.29 is 19.6 Å². The van der Waals surface area contributed by atoms with Gasteiger partial charge in [0.1, 0.15) is 17.2 Å². The van der Waals surface area contributed by atoms with Crippen molar-refractivity contribution in [2.75, 3.05) is 14.2 Å². The number of halogens is 1. The molecule has 3 aromatic rings. The number of rotatable bonds is 5. The monoisotopic (exact) mass is 391 g/mol. The highest BCUT2D eigenvalue weighted by Gasteiger charge is 2.24. The maximum atomic E-state index is 11.4. The summed E-state index contributed by atoms with van der Waals surface area (Å²) in [4.78, 5) is 16.2. The zero-order valence-corrected chi connectivity index (χ0v) is 15.0. The molecule has 0 aliphatic carbocycles. The van der Waals surface area contributed by atoms with Gasteiger partial charge in [-0.15, -0.1) is 0 Å². The molecule has 0 saturated carbocycles. The van der Waals surface area contributed by atoms with E-state index in [2.05, 4.69) is 10.1 Å². The lowest BCUT2D eigenvalue weighted by Gasteiger charge is -2.05. The number of nitro groups is 1. The summed E-state index contributed by atoms with van der Waals surface area (Å²) >= 11 is 5.94. The first-order valence-corrected chi connectivity index (χ1v) is 7.90. The van der Waals surface area contributed by atoms with Crippen LogP contribution in [-0.4, -0.2) is 39.1 Å². The molecule has 0 atom stereocenters. The summed E-state index contributed by atoms with van der Waals surface area (Å²) in [5.41, 5.74) is 0.204. The normalized spacial score (nSPS) is 11.4. The standard InChI is InChI=1S/C16H14ClN5O5/c1-26-13-7-11(8-14(9-13)27-2)18-15-16(22(24)25)19-20(21(15)23)12-5-3-4-10(17)6-12/h3-9,23H,1-2H3. The smallest absolute Gasteiger partial charge is 0.438 e. The molecule has 0 aliphatic heterocycles. The van der Waals surface area contributed by atoms with Crippen molar-refractivity contribution in [1.82, 2.24) is 14.7 Å². The minimum absolute atomic E-state index is 0.266. The second kappa shape index (κ2) is 7.38. The molecule has 27 heavy (non-hydrogen) atoms. The largest absolute Gasteiger partial charge is 0.497 e. The van der Waals surface area contributed by atoms with E-state index >= 15 is 0 Å². The van der Waals surface area contributed by atoms with Gasteiger partial charge in [-0.25, -0.2) is 4.99 Å². The number of benzene rings is 2. The molecule has 140 valence electrons. The molecule has 0 aliphatic rings. The van der Waals surface area contributed by atoms with E-state index in [1.165, 1.54) is 32.4 Å². The molecule has 10 nitrogen and oxygen atoms in total. The summed E-state index contributed by atoms with van der Waals surface area (Å²) in [5.74, 6) is 0.226. The summed E-state index contributed by atoms with van der Waals surface area (Å²) in [7, 11) is 2.93. The fourth-order valence-corrected chi connectivity index (χ4v) is 2.50. The van der Waals surface area contributed by atoms with Gasteiger partial charge in [0.2, 0.25) is 0 Å². The molecule has 1 heterocycles. The predicted octanol–water partition coefficient (Wildman–Crippen LogP) is 2.72. The van der Waals surface area contributed by atoms with Gasteiger partial charge >= 0.3 is 5.82 Å². The summed E-state index contributed by atoms with van der Waals surface area (Å²) in [5, 5.41) is 26.0. The van der Waals surface area contributed by atoms with Crippen LogP contribution < -0.4 is 15.0 Å². The number of ether oxygens (including phenoxy) is 2. The van der Waals surface area contributed by atoms with Crippen LogP contribution in [0.5, 0.6) is 11.5 Å². The highest BCUT2D eigenvalue weighted by Crippen LogP contribution is 2.27. The molecular weight excluding hydrogens is 378 g/mol. The van der Waals surface area contributed by atoms with Gasteiger partial charge in [-0.3, -0.25) is 0 Å². The van der Waals surface area contributed by atoms with Gasteiger partial charge in [0.25, 0.3) is 5.49 Å². The Kier molecular flexibility index (Phi) is 4.99. The number of aromatic nitrogens is 3. The van der Waals surface area contributed by atoms with Crippen LogP contribution in [-0.2, 0) is 0 Å². The van der Waals surface area contributed by atoms with E-state index in [0.717, 1.165) is 4.80 Å². The van der Waals surface area contributed by atoms with Crippen LogP contribution >= 0.6 is 11.6 Å². The topological polar surface area (TPSA) is 117 Å². The lowest BCUT2D eigenvalue weighted by atomic mass is 10.3. The SMILES string of the molecule is COc1cc(N=c2c([N+](=O)[O-])nn(-c3cccc(Cl)c3)n2O)cc(OC)c1. The molecular formula is C16H14ClN5O5. The van der Waals surface area contributed by atoms with Crippen LogP contribution in [0.4, 0.5) is 11.5 Å². The molecule has 0 unspecified atom stereocenters. The highest BCUT2D eigenvalue weighted by atomic mass is 35.5. The van der Waals surface area contributed by atoms with E-state index in [0.29, 0.717) is 27.1 Å². The van der Waals surface area contributed by atoms with Gasteiger partial charge in [-0.05, 0) is 27.9 Å². The number of nitrogens with zero attached hydrogens (tertiary/aromatic N) is 5. The maximum absolute atomic E-state index is 11.4. The minimum atomic E-state index is -0.746. The van der Waals surface area contributed by atoms with Crippen LogP contribution in [0.2, 0.25) is 5.02 Å². The Balaban J connectivity index is 2.24. The first kappa shape index (κ1) is 18.3. The fourth-order valence-electron chi connectivity index (χ4n) is 2.32. The van der Waals surface area contributed by atoms with Gasteiger partial charge in [0.05, 0.1) is 25.0 Å². The number of hydrogen-bond donors (Lipinski definition) is 1. The third-order valence-electron chi connectivity index (χ3n) is 3.54. The molecule has 11 heteroatoms. The third kappa shape index (κ3) is 3.70. The van der Waals surface area contributed by atoms with Crippen molar-refractivity contribution in [2.45, 2.75) is 0 Å². The fraction of sp³-hybridized carbons (Fsp3) is 0.125. The summed E-state index contributed by atoms with van der Waals surface area (Å²) < 4.78 is 10.3. The van der Waals surface area contributed by atoms with Crippen LogP contribution in [0.3, 0.4) is 0 Å². The Hall–Kier alpha value is -3.53. The summed E-state index contributed by atoms with van der Waals surface area (Å²) in [6, 6.07) is 11.0. The van der Waals surface area contributed by atoms with Crippen molar-refractivity contribution in [2.24, 2.45) is 4.99 Å². The molecule has 2 aromatic carbocycles. The molecule has 1 N–H and O–H groups in total. The Bertz CT molecular complexity index is 1050. The lowest BCUT2D eigenvalue weighted by Crippen LogP contribution is -2.22. The first-order valence-electron chi connectivity index (χ1n) is 7.52. The van der Waals surface area contributed by atoms with Crippen LogP contribution in [0.1, 0.15) is 0 Å². The first-order chi connectivity index (χ1) is 12.9. The van der Waals surface area contributed by atoms with Gasteiger partial charge in [0, 0.05) is 23.2 Å². The van der Waals surface area contributed by atoms with E-state index in [1.54, 1.807) is 24.3 Å². The Morgan fingerprint density at radius 3 is 2.41 bits per heavy atom. The average Bonchev–Trinajstić information content (AvgIpc) is 2.98. The zero-order chi connectivity index (χ0) is 19.6. The summed E-state index contributed by atoms with van der Waals surface area (Å²) in [6.07, 6.45) is 0. The minimum Gasteiger partial charge on any atom is -0.497 e. The summed E-state index contributed by atoms with van der Waals surface area (Å²) in [6.45, 7) is 0.